The summed E-state index contributed by atoms with van der Waals surface area (Å²) in [6, 6.07) is 2.20. The number of rotatable bonds is 5. The highest BCUT2D eigenvalue weighted by Gasteiger charge is 2.22. The van der Waals surface area contributed by atoms with Gasteiger partial charge in [0, 0.05) is 32.7 Å². The van der Waals surface area contributed by atoms with Crippen LogP contribution < -0.4 is 0 Å². The van der Waals surface area contributed by atoms with Crippen LogP contribution in [0.4, 0.5) is 0 Å². The van der Waals surface area contributed by atoms with Crippen molar-refractivity contribution < 1.29 is 9.47 Å². The van der Waals surface area contributed by atoms with Crippen LogP contribution in [-0.4, -0.2) is 50.0 Å². The molecule has 0 unspecified atom stereocenters. The van der Waals surface area contributed by atoms with Crippen molar-refractivity contribution >= 4 is 0 Å². The normalized spacial score (nSPS) is 27.1. The predicted octanol–water partition coefficient (Wildman–Crippen LogP) is 1.56. The first-order valence-corrected chi connectivity index (χ1v) is 6.71. The molecule has 0 saturated carbocycles. The highest BCUT2D eigenvalue weighted by molar-refractivity contribution is 4.77. The van der Waals surface area contributed by atoms with E-state index in [-0.39, 0.29) is 0 Å². The predicted molar refractivity (Wildman–Crippen MR) is 64.6 cm³/mol. The third kappa shape index (κ3) is 4.27. The SMILES string of the molecule is N#CCCN1CCC(OC[C@H]2CCCO2)CC1. The van der Waals surface area contributed by atoms with Crippen molar-refractivity contribution in [1.29, 1.82) is 5.26 Å². The zero-order valence-corrected chi connectivity index (χ0v) is 10.4. The molecule has 2 aliphatic heterocycles. The van der Waals surface area contributed by atoms with E-state index in [4.69, 9.17) is 14.7 Å². The van der Waals surface area contributed by atoms with Crippen LogP contribution >= 0.6 is 0 Å². The van der Waals surface area contributed by atoms with Gasteiger partial charge in [-0.05, 0) is 25.7 Å². The van der Waals surface area contributed by atoms with Crippen LogP contribution in [0.5, 0.6) is 0 Å². The van der Waals surface area contributed by atoms with Gasteiger partial charge >= 0.3 is 0 Å². The van der Waals surface area contributed by atoms with E-state index in [1.54, 1.807) is 0 Å². The van der Waals surface area contributed by atoms with E-state index < -0.39 is 0 Å². The smallest absolute Gasteiger partial charge is 0.0809 e. The average Bonchev–Trinajstić information content (AvgIpc) is 2.88. The fraction of sp³-hybridized carbons (Fsp3) is 0.923. The zero-order chi connectivity index (χ0) is 11.9. The van der Waals surface area contributed by atoms with Crippen LogP contribution in [0.2, 0.25) is 0 Å². The van der Waals surface area contributed by atoms with Gasteiger partial charge in [0.1, 0.15) is 0 Å². The lowest BCUT2D eigenvalue weighted by molar-refractivity contribution is -0.0416. The number of hydrogen-bond donors (Lipinski definition) is 0. The van der Waals surface area contributed by atoms with Crippen LogP contribution in [0.3, 0.4) is 0 Å². The second-order valence-electron chi connectivity index (χ2n) is 4.92. The molecule has 0 spiro atoms. The molecule has 0 aromatic carbocycles. The second kappa shape index (κ2) is 6.95. The molecule has 2 fully saturated rings. The molecule has 0 amide bonds. The molecule has 2 heterocycles. The van der Waals surface area contributed by atoms with Gasteiger partial charge in [0.05, 0.1) is 24.9 Å². The molecule has 2 aliphatic rings. The molecule has 0 aliphatic carbocycles. The van der Waals surface area contributed by atoms with Gasteiger partial charge in [-0.25, -0.2) is 0 Å². The van der Waals surface area contributed by atoms with E-state index >= 15 is 0 Å². The summed E-state index contributed by atoms with van der Waals surface area (Å²) in [6.45, 7) is 4.72. The van der Waals surface area contributed by atoms with E-state index in [1.165, 1.54) is 6.42 Å². The van der Waals surface area contributed by atoms with E-state index in [2.05, 4.69) is 11.0 Å². The number of likely N-dealkylation sites (tertiary alicyclic amines) is 1. The van der Waals surface area contributed by atoms with Crippen molar-refractivity contribution in [3.05, 3.63) is 0 Å². The number of nitrogens with zero attached hydrogens (tertiary/aromatic N) is 2. The minimum absolute atomic E-state index is 0.339. The Hall–Kier alpha value is -0.630. The summed E-state index contributed by atoms with van der Waals surface area (Å²) >= 11 is 0. The first-order valence-electron chi connectivity index (χ1n) is 6.71. The van der Waals surface area contributed by atoms with Gasteiger partial charge in [0.25, 0.3) is 0 Å². The largest absolute Gasteiger partial charge is 0.376 e. The maximum atomic E-state index is 8.54. The van der Waals surface area contributed by atoms with Gasteiger partial charge in [-0.3, -0.25) is 0 Å². The lowest BCUT2D eigenvalue weighted by Gasteiger charge is -2.31. The Labute approximate surface area is 103 Å². The Bertz CT molecular complexity index is 251. The second-order valence-corrected chi connectivity index (χ2v) is 4.92. The first kappa shape index (κ1) is 12.8. The van der Waals surface area contributed by atoms with Crippen molar-refractivity contribution in [2.75, 3.05) is 32.8 Å². The quantitative estimate of drug-likeness (QED) is 0.729. The lowest BCUT2D eigenvalue weighted by atomic mass is 10.1. The molecular formula is C13H22N2O2. The van der Waals surface area contributed by atoms with Gasteiger partial charge in [0.2, 0.25) is 0 Å². The maximum absolute atomic E-state index is 8.54. The Morgan fingerprint density at radius 1 is 1.29 bits per heavy atom. The van der Waals surface area contributed by atoms with Crippen LogP contribution in [0, 0.1) is 11.3 Å². The van der Waals surface area contributed by atoms with Crippen LogP contribution in [0.15, 0.2) is 0 Å². The van der Waals surface area contributed by atoms with Crippen molar-refractivity contribution in [3.63, 3.8) is 0 Å². The van der Waals surface area contributed by atoms with E-state index in [9.17, 15) is 0 Å². The molecule has 0 aromatic rings. The number of ether oxygens (including phenoxy) is 2. The van der Waals surface area contributed by atoms with Crippen molar-refractivity contribution in [1.82, 2.24) is 4.90 Å². The van der Waals surface area contributed by atoms with Gasteiger partial charge in [-0.2, -0.15) is 5.26 Å². The number of nitriles is 1. The standard InChI is InChI=1S/C13H22N2O2/c14-6-2-7-15-8-4-12(5-9-15)17-11-13-3-1-10-16-13/h12-13H,1-5,7-11H2/t13-/m1/s1. The molecule has 4 nitrogen and oxygen atoms in total. The average molecular weight is 238 g/mol. The van der Waals surface area contributed by atoms with Crippen LogP contribution in [0.1, 0.15) is 32.1 Å². The van der Waals surface area contributed by atoms with Gasteiger partial charge < -0.3 is 14.4 Å². The van der Waals surface area contributed by atoms with Crippen molar-refractivity contribution in [2.24, 2.45) is 0 Å². The van der Waals surface area contributed by atoms with Gasteiger partial charge in [-0.1, -0.05) is 0 Å². The third-order valence-electron chi connectivity index (χ3n) is 3.62. The molecule has 2 saturated heterocycles. The molecule has 0 N–H and O–H groups in total. The first-order chi connectivity index (χ1) is 8.38. The zero-order valence-electron chi connectivity index (χ0n) is 10.4. The summed E-state index contributed by atoms with van der Waals surface area (Å²) in [4.78, 5) is 2.36. The molecule has 96 valence electrons. The maximum Gasteiger partial charge on any atom is 0.0809 e. The summed E-state index contributed by atoms with van der Waals surface area (Å²) in [6.07, 6.45) is 5.91. The topological polar surface area (TPSA) is 45.5 Å². The highest BCUT2D eigenvalue weighted by Crippen LogP contribution is 2.17. The molecule has 17 heavy (non-hydrogen) atoms. The Morgan fingerprint density at radius 2 is 2.12 bits per heavy atom. The summed E-state index contributed by atoms with van der Waals surface area (Å²) < 4.78 is 11.4. The van der Waals surface area contributed by atoms with Gasteiger partial charge in [-0.15, -0.1) is 0 Å². The fourth-order valence-corrected chi connectivity index (χ4v) is 2.53. The molecule has 1 atom stereocenters. The van der Waals surface area contributed by atoms with E-state index in [0.717, 1.165) is 52.1 Å². The van der Waals surface area contributed by atoms with Crippen LogP contribution in [-0.2, 0) is 9.47 Å². The highest BCUT2D eigenvalue weighted by atomic mass is 16.5. The molecule has 0 radical (unpaired) electrons. The molecule has 4 heteroatoms. The lowest BCUT2D eigenvalue weighted by Crippen LogP contribution is -2.38. The van der Waals surface area contributed by atoms with Crippen molar-refractivity contribution in [2.45, 2.75) is 44.3 Å². The Morgan fingerprint density at radius 3 is 2.76 bits per heavy atom. The van der Waals surface area contributed by atoms with Crippen molar-refractivity contribution in [3.8, 4) is 6.07 Å². The summed E-state index contributed by atoms with van der Waals surface area (Å²) in [7, 11) is 0. The summed E-state index contributed by atoms with van der Waals surface area (Å²) in [5, 5.41) is 8.54. The fourth-order valence-electron chi connectivity index (χ4n) is 2.53. The Kier molecular flexibility index (Phi) is 5.24. The minimum atomic E-state index is 0.339. The van der Waals surface area contributed by atoms with Gasteiger partial charge in [0.15, 0.2) is 0 Å². The molecular weight excluding hydrogens is 216 g/mol. The third-order valence-corrected chi connectivity index (χ3v) is 3.62. The van der Waals surface area contributed by atoms with E-state index in [1.807, 2.05) is 0 Å². The minimum Gasteiger partial charge on any atom is -0.376 e. The summed E-state index contributed by atoms with van der Waals surface area (Å²) in [5.74, 6) is 0. The Balaban J connectivity index is 1.57. The number of hydrogen-bond acceptors (Lipinski definition) is 4. The summed E-state index contributed by atoms with van der Waals surface area (Å²) in [5.41, 5.74) is 0. The molecule has 0 bridgehead atoms. The molecule has 0 aromatic heterocycles. The van der Waals surface area contributed by atoms with E-state index in [0.29, 0.717) is 18.6 Å². The van der Waals surface area contributed by atoms with Crippen LogP contribution in [0.25, 0.3) is 0 Å². The monoisotopic (exact) mass is 238 g/mol. The number of piperidine rings is 1. The molecule has 2 rings (SSSR count).